The van der Waals surface area contributed by atoms with Crippen molar-refractivity contribution >= 4 is 11.9 Å². The molecule has 25 heavy (non-hydrogen) atoms. The van der Waals surface area contributed by atoms with Crippen molar-refractivity contribution < 1.29 is 14.3 Å². The maximum absolute atomic E-state index is 12.5. The van der Waals surface area contributed by atoms with Crippen LogP contribution in [0.3, 0.4) is 0 Å². The van der Waals surface area contributed by atoms with E-state index in [4.69, 9.17) is 4.74 Å². The van der Waals surface area contributed by atoms with Crippen molar-refractivity contribution in [3.05, 3.63) is 47.3 Å². The molecule has 0 bridgehead atoms. The van der Waals surface area contributed by atoms with Crippen LogP contribution in [-0.4, -0.2) is 46.3 Å². The summed E-state index contributed by atoms with van der Waals surface area (Å²) in [6.45, 7) is 4.89. The smallest absolute Gasteiger partial charge is 0.342 e. The number of hydrogen-bond acceptors (Lipinski definition) is 4. The van der Waals surface area contributed by atoms with Crippen molar-refractivity contribution in [2.45, 2.75) is 33.1 Å². The van der Waals surface area contributed by atoms with Crippen LogP contribution in [0.2, 0.25) is 0 Å². The summed E-state index contributed by atoms with van der Waals surface area (Å²) in [5.41, 5.74) is 2.61. The molecule has 1 aromatic carbocycles. The van der Waals surface area contributed by atoms with Gasteiger partial charge in [-0.25, -0.2) is 9.48 Å². The van der Waals surface area contributed by atoms with Gasteiger partial charge in [0.2, 0.25) is 0 Å². The van der Waals surface area contributed by atoms with Crippen LogP contribution in [0.1, 0.15) is 41.0 Å². The number of likely N-dealkylation sites (tertiary alicyclic amines) is 1. The normalized spacial score (nSPS) is 14.4. The minimum absolute atomic E-state index is 0.126. The number of aromatic nitrogens is 2. The van der Waals surface area contributed by atoms with Crippen molar-refractivity contribution in [2.24, 2.45) is 0 Å². The number of carbonyl (C=O) groups excluding carboxylic acids is 2. The van der Waals surface area contributed by atoms with E-state index in [0.717, 1.165) is 38.0 Å². The number of carbonyl (C=O) groups is 2. The van der Waals surface area contributed by atoms with E-state index in [-0.39, 0.29) is 12.5 Å². The summed E-state index contributed by atoms with van der Waals surface area (Å²) in [7, 11) is 0. The fourth-order valence-electron chi connectivity index (χ4n) is 3.19. The summed E-state index contributed by atoms with van der Waals surface area (Å²) in [5, 5.41) is 4.44. The number of ether oxygens (including phenoxy) is 1. The molecule has 0 atom stereocenters. The van der Waals surface area contributed by atoms with Crippen LogP contribution in [0.5, 0.6) is 0 Å². The maximum atomic E-state index is 12.5. The average Bonchev–Trinajstić information content (AvgIpc) is 2.95. The van der Waals surface area contributed by atoms with E-state index in [1.165, 1.54) is 0 Å². The third-order valence-corrected chi connectivity index (χ3v) is 4.53. The molecule has 0 N–H and O–H groups in total. The topological polar surface area (TPSA) is 64.4 Å². The number of benzene rings is 1. The molecule has 2 heterocycles. The van der Waals surface area contributed by atoms with Crippen molar-refractivity contribution in [3.63, 3.8) is 0 Å². The van der Waals surface area contributed by atoms with Crippen molar-refractivity contribution in [1.82, 2.24) is 14.7 Å². The third kappa shape index (κ3) is 3.73. The zero-order chi connectivity index (χ0) is 17.8. The van der Waals surface area contributed by atoms with E-state index in [2.05, 4.69) is 5.10 Å². The van der Waals surface area contributed by atoms with E-state index in [1.807, 2.05) is 37.3 Å². The van der Waals surface area contributed by atoms with Gasteiger partial charge >= 0.3 is 5.97 Å². The van der Waals surface area contributed by atoms with E-state index < -0.39 is 5.97 Å². The Morgan fingerprint density at radius 2 is 1.76 bits per heavy atom. The number of rotatable bonds is 4. The fraction of sp³-hybridized carbons (Fsp3) is 0.421. The number of nitrogens with zero attached hydrogens (tertiary/aromatic N) is 3. The van der Waals surface area contributed by atoms with Crippen LogP contribution in [0.4, 0.5) is 0 Å². The SMILES string of the molecule is Cc1nn(-c2ccccc2)c(C)c1C(=O)OCC(=O)N1CCCCC1. The highest BCUT2D eigenvalue weighted by molar-refractivity contribution is 5.93. The number of amides is 1. The Hall–Kier alpha value is -2.63. The van der Waals surface area contributed by atoms with Crippen LogP contribution in [0.25, 0.3) is 5.69 Å². The van der Waals surface area contributed by atoms with Crippen molar-refractivity contribution in [3.8, 4) is 5.69 Å². The van der Waals surface area contributed by atoms with E-state index in [0.29, 0.717) is 17.0 Å². The molecule has 1 fully saturated rings. The van der Waals surface area contributed by atoms with Gasteiger partial charge in [0.15, 0.2) is 6.61 Å². The van der Waals surface area contributed by atoms with Crippen LogP contribution in [-0.2, 0) is 9.53 Å². The second kappa shape index (κ2) is 7.51. The monoisotopic (exact) mass is 341 g/mol. The predicted molar refractivity (Wildman–Crippen MR) is 93.8 cm³/mol. The summed E-state index contributed by atoms with van der Waals surface area (Å²) in [6.07, 6.45) is 3.18. The molecule has 0 radical (unpaired) electrons. The van der Waals surface area contributed by atoms with Gasteiger partial charge in [-0.2, -0.15) is 5.10 Å². The van der Waals surface area contributed by atoms with Crippen LogP contribution >= 0.6 is 0 Å². The Morgan fingerprint density at radius 3 is 2.44 bits per heavy atom. The molecule has 1 aliphatic heterocycles. The van der Waals surface area contributed by atoms with Crippen LogP contribution in [0.15, 0.2) is 30.3 Å². The summed E-state index contributed by atoms with van der Waals surface area (Å²) < 4.78 is 6.99. The highest BCUT2D eigenvalue weighted by Gasteiger charge is 2.23. The van der Waals surface area contributed by atoms with Gasteiger partial charge in [-0.05, 0) is 45.2 Å². The quantitative estimate of drug-likeness (QED) is 0.802. The van der Waals surface area contributed by atoms with Crippen molar-refractivity contribution in [2.75, 3.05) is 19.7 Å². The number of para-hydroxylation sites is 1. The van der Waals surface area contributed by atoms with Gasteiger partial charge in [-0.3, -0.25) is 4.79 Å². The summed E-state index contributed by atoms with van der Waals surface area (Å²) in [6, 6.07) is 9.61. The summed E-state index contributed by atoms with van der Waals surface area (Å²) >= 11 is 0. The minimum atomic E-state index is -0.498. The molecule has 1 aromatic heterocycles. The highest BCUT2D eigenvalue weighted by Crippen LogP contribution is 2.19. The molecular weight excluding hydrogens is 318 g/mol. The molecule has 0 spiro atoms. The standard InChI is InChI=1S/C19H23N3O3/c1-14-18(15(2)22(20-14)16-9-5-3-6-10-16)19(24)25-13-17(23)21-11-7-4-8-12-21/h3,5-6,9-10H,4,7-8,11-13H2,1-2H3. The largest absolute Gasteiger partial charge is 0.452 e. The Balaban J connectivity index is 1.70. The Bertz CT molecular complexity index is 762. The molecule has 2 aromatic rings. The number of aryl methyl sites for hydroxylation is 1. The lowest BCUT2D eigenvalue weighted by molar-refractivity contribution is -0.135. The number of hydrogen-bond donors (Lipinski definition) is 0. The Labute approximate surface area is 147 Å². The molecule has 6 heteroatoms. The van der Waals surface area contributed by atoms with E-state index in [1.54, 1.807) is 16.5 Å². The molecular formula is C19H23N3O3. The first kappa shape index (κ1) is 17.2. The molecule has 0 aliphatic carbocycles. The van der Waals surface area contributed by atoms with E-state index in [9.17, 15) is 9.59 Å². The maximum Gasteiger partial charge on any atom is 0.342 e. The second-order valence-electron chi connectivity index (χ2n) is 6.31. The molecule has 1 aliphatic rings. The van der Waals surface area contributed by atoms with Gasteiger partial charge < -0.3 is 9.64 Å². The lowest BCUT2D eigenvalue weighted by atomic mass is 10.1. The number of esters is 1. The molecule has 1 amide bonds. The molecule has 6 nitrogen and oxygen atoms in total. The first-order chi connectivity index (χ1) is 12.1. The third-order valence-electron chi connectivity index (χ3n) is 4.53. The average molecular weight is 341 g/mol. The summed E-state index contributed by atoms with van der Waals surface area (Å²) in [4.78, 5) is 26.4. The highest BCUT2D eigenvalue weighted by atomic mass is 16.5. The van der Waals surface area contributed by atoms with Gasteiger partial charge in [0.1, 0.15) is 5.56 Å². The van der Waals surface area contributed by atoms with Crippen LogP contribution in [0, 0.1) is 13.8 Å². The zero-order valence-electron chi connectivity index (χ0n) is 14.7. The van der Waals surface area contributed by atoms with Crippen LogP contribution < -0.4 is 0 Å². The minimum Gasteiger partial charge on any atom is -0.452 e. The Morgan fingerprint density at radius 1 is 1.08 bits per heavy atom. The lowest BCUT2D eigenvalue weighted by Crippen LogP contribution is -2.38. The first-order valence-corrected chi connectivity index (χ1v) is 8.64. The van der Waals surface area contributed by atoms with Gasteiger partial charge in [-0.1, -0.05) is 18.2 Å². The molecule has 132 valence electrons. The number of piperidine rings is 1. The fourth-order valence-corrected chi connectivity index (χ4v) is 3.19. The van der Waals surface area contributed by atoms with Gasteiger partial charge in [0.25, 0.3) is 5.91 Å². The molecule has 3 rings (SSSR count). The zero-order valence-corrected chi connectivity index (χ0v) is 14.7. The van der Waals surface area contributed by atoms with Gasteiger partial charge in [-0.15, -0.1) is 0 Å². The molecule has 0 saturated carbocycles. The Kier molecular flexibility index (Phi) is 5.16. The second-order valence-corrected chi connectivity index (χ2v) is 6.31. The van der Waals surface area contributed by atoms with Crippen molar-refractivity contribution in [1.29, 1.82) is 0 Å². The first-order valence-electron chi connectivity index (χ1n) is 8.64. The summed E-state index contributed by atoms with van der Waals surface area (Å²) in [5.74, 6) is -0.624. The molecule has 1 saturated heterocycles. The lowest BCUT2D eigenvalue weighted by Gasteiger charge is -2.26. The van der Waals surface area contributed by atoms with Gasteiger partial charge in [0.05, 0.1) is 17.1 Å². The van der Waals surface area contributed by atoms with E-state index >= 15 is 0 Å². The van der Waals surface area contributed by atoms with Gasteiger partial charge in [0, 0.05) is 13.1 Å². The predicted octanol–water partition coefficient (Wildman–Crippen LogP) is 2.66. The molecule has 0 unspecified atom stereocenters.